The van der Waals surface area contributed by atoms with Gasteiger partial charge in [0.15, 0.2) is 0 Å². The molecule has 0 saturated carbocycles. The second-order valence-electron chi connectivity index (χ2n) is 9.01. The van der Waals surface area contributed by atoms with Gasteiger partial charge in [0.2, 0.25) is 0 Å². The summed E-state index contributed by atoms with van der Waals surface area (Å²) in [6, 6.07) is 14.5. The third-order valence-electron chi connectivity index (χ3n) is 5.92. The molecule has 4 rings (SSSR count). The summed E-state index contributed by atoms with van der Waals surface area (Å²) in [6.45, 7) is 10.4. The number of nitrogens with zero attached hydrogens (tertiary/aromatic N) is 2. The van der Waals surface area contributed by atoms with Gasteiger partial charge in [-0.25, -0.2) is 0 Å². The number of anilines is 1. The molecule has 0 unspecified atom stereocenters. The molecular weight excluding hydrogens is 482 g/mol. The lowest BCUT2D eigenvalue weighted by molar-refractivity contribution is 0.0952. The van der Waals surface area contributed by atoms with Crippen molar-refractivity contribution >= 4 is 43.1 Å². The average molecular weight is 518 g/mol. The molecule has 0 bridgehead atoms. The van der Waals surface area contributed by atoms with E-state index in [-0.39, 0.29) is 5.91 Å². The van der Waals surface area contributed by atoms with E-state index in [2.05, 4.69) is 45.6 Å². The molecule has 190 valence electrons. The highest BCUT2D eigenvalue weighted by Crippen LogP contribution is 2.34. The minimum atomic E-state index is -3.67. The van der Waals surface area contributed by atoms with Gasteiger partial charge in [-0.2, -0.15) is 8.42 Å². The van der Waals surface area contributed by atoms with Crippen molar-refractivity contribution in [3.05, 3.63) is 64.5 Å². The molecular formula is C26H35N3O4S2. The van der Waals surface area contributed by atoms with Crippen LogP contribution in [0.15, 0.2) is 47.8 Å². The molecule has 2 aromatic carbocycles. The van der Waals surface area contributed by atoms with Gasteiger partial charge in [0.1, 0.15) is 0 Å². The smallest absolute Gasteiger partial charge is 0.261 e. The van der Waals surface area contributed by atoms with E-state index < -0.39 is 10.1 Å². The minimum absolute atomic E-state index is 0.0294. The summed E-state index contributed by atoms with van der Waals surface area (Å²) in [5.41, 5.74) is 4.64. The van der Waals surface area contributed by atoms with Crippen LogP contribution in [0.1, 0.15) is 34.3 Å². The van der Waals surface area contributed by atoms with Crippen LogP contribution in [0.5, 0.6) is 0 Å². The van der Waals surface area contributed by atoms with Crippen molar-refractivity contribution in [1.29, 1.82) is 0 Å². The minimum Gasteiger partial charge on any atom is -0.368 e. The summed E-state index contributed by atoms with van der Waals surface area (Å²) >= 11 is 1.85. The number of piperazine rings is 1. The zero-order valence-corrected chi connectivity index (χ0v) is 22.3. The van der Waals surface area contributed by atoms with Crippen molar-refractivity contribution in [3.63, 3.8) is 0 Å². The van der Waals surface area contributed by atoms with Crippen molar-refractivity contribution in [2.45, 2.75) is 26.7 Å². The molecule has 1 aromatic heterocycles. The van der Waals surface area contributed by atoms with Gasteiger partial charge in [0, 0.05) is 53.8 Å². The van der Waals surface area contributed by atoms with Crippen molar-refractivity contribution in [1.82, 2.24) is 10.2 Å². The molecule has 0 aliphatic carbocycles. The summed E-state index contributed by atoms with van der Waals surface area (Å²) < 4.78 is 27.3. The zero-order valence-electron chi connectivity index (χ0n) is 20.7. The monoisotopic (exact) mass is 517 g/mol. The first-order valence-corrected chi connectivity index (χ1v) is 14.6. The standard InChI is InChI=1S/C25H31N3OS.CH4O3S/c1-19-5-8-21(9-6-19)25(29)26-11-3-4-12-27-13-15-28(16-14-27)23-18-30-24-17-20(2)7-10-22(23)24;1-5(2,3)4/h5-10,17-18H,3-4,11-16H2,1-2H3,(H,26,29);1H3,(H,2,3,4). The number of carbonyl (C=O) groups is 1. The van der Waals surface area contributed by atoms with Gasteiger partial charge in [-0.05, 0) is 57.0 Å². The fourth-order valence-corrected chi connectivity index (χ4v) is 5.12. The lowest BCUT2D eigenvalue weighted by atomic mass is 10.1. The topological polar surface area (TPSA) is 89.9 Å². The van der Waals surface area contributed by atoms with E-state index in [1.807, 2.05) is 42.5 Å². The molecule has 2 heterocycles. The molecule has 0 atom stereocenters. The van der Waals surface area contributed by atoms with Crippen LogP contribution in [0.3, 0.4) is 0 Å². The third kappa shape index (κ3) is 8.92. The number of thiophene rings is 1. The highest BCUT2D eigenvalue weighted by molar-refractivity contribution is 7.85. The van der Waals surface area contributed by atoms with Gasteiger partial charge >= 0.3 is 0 Å². The number of fused-ring (bicyclic) bond motifs is 1. The van der Waals surface area contributed by atoms with Gasteiger partial charge in [-0.3, -0.25) is 14.2 Å². The predicted octanol–water partition coefficient (Wildman–Crippen LogP) is 4.35. The van der Waals surface area contributed by atoms with Crippen LogP contribution in [-0.4, -0.2) is 69.3 Å². The normalized spacial score (nSPS) is 14.5. The lowest BCUT2D eigenvalue weighted by Gasteiger charge is -2.35. The largest absolute Gasteiger partial charge is 0.368 e. The second-order valence-corrected chi connectivity index (χ2v) is 11.4. The molecule has 1 saturated heterocycles. The van der Waals surface area contributed by atoms with Crippen molar-refractivity contribution in [3.8, 4) is 0 Å². The highest BCUT2D eigenvalue weighted by atomic mass is 32.2. The molecule has 35 heavy (non-hydrogen) atoms. The number of carbonyl (C=O) groups excluding carboxylic acids is 1. The first kappa shape index (κ1) is 27.1. The molecule has 0 radical (unpaired) electrons. The number of hydrogen-bond donors (Lipinski definition) is 2. The molecule has 1 aliphatic rings. The van der Waals surface area contributed by atoms with Crippen LogP contribution in [0.4, 0.5) is 5.69 Å². The first-order valence-electron chi connectivity index (χ1n) is 11.8. The Morgan fingerprint density at radius 1 is 1.00 bits per heavy atom. The summed E-state index contributed by atoms with van der Waals surface area (Å²) in [6.07, 6.45) is 2.86. The average Bonchev–Trinajstić information content (AvgIpc) is 3.21. The van der Waals surface area contributed by atoms with Gasteiger partial charge in [0.25, 0.3) is 16.0 Å². The maximum absolute atomic E-state index is 12.2. The van der Waals surface area contributed by atoms with Gasteiger partial charge in [0.05, 0.1) is 11.9 Å². The number of hydrogen-bond acceptors (Lipinski definition) is 6. The Bertz CT molecular complexity index is 1210. The van der Waals surface area contributed by atoms with E-state index in [0.717, 1.165) is 57.7 Å². The van der Waals surface area contributed by atoms with E-state index in [4.69, 9.17) is 4.55 Å². The van der Waals surface area contributed by atoms with Crippen LogP contribution in [0.25, 0.3) is 10.1 Å². The SMILES string of the molecule is CS(=O)(=O)O.Cc1ccc(C(=O)NCCCCN2CCN(c3csc4cc(C)ccc34)CC2)cc1. The predicted molar refractivity (Wildman–Crippen MR) is 145 cm³/mol. The van der Waals surface area contributed by atoms with E-state index in [1.165, 1.54) is 26.9 Å². The van der Waals surface area contributed by atoms with Crippen molar-refractivity contribution in [2.24, 2.45) is 0 Å². The molecule has 0 spiro atoms. The van der Waals surface area contributed by atoms with Crippen molar-refractivity contribution < 1.29 is 17.8 Å². The van der Waals surface area contributed by atoms with Crippen LogP contribution < -0.4 is 10.2 Å². The van der Waals surface area contributed by atoms with Crippen LogP contribution in [0.2, 0.25) is 0 Å². The molecule has 7 nitrogen and oxygen atoms in total. The second kappa shape index (κ2) is 12.5. The van der Waals surface area contributed by atoms with Crippen LogP contribution in [0, 0.1) is 13.8 Å². The number of aryl methyl sites for hydroxylation is 2. The first-order chi connectivity index (χ1) is 16.6. The molecule has 1 amide bonds. The molecule has 1 aliphatic heterocycles. The summed E-state index contributed by atoms with van der Waals surface area (Å²) in [4.78, 5) is 17.2. The van der Waals surface area contributed by atoms with Crippen molar-refractivity contribution in [2.75, 3.05) is 50.4 Å². The number of nitrogens with one attached hydrogen (secondary N) is 1. The number of rotatable bonds is 7. The Balaban J connectivity index is 0.000000623. The molecule has 1 fully saturated rings. The van der Waals surface area contributed by atoms with Gasteiger partial charge < -0.3 is 10.2 Å². The van der Waals surface area contributed by atoms with E-state index >= 15 is 0 Å². The summed E-state index contributed by atoms with van der Waals surface area (Å²) in [5.74, 6) is 0.0294. The maximum atomic E-state index is 12.2. The maximum Gasteiger partial charge on any atom is 0.261 e. The van der Waals surface area contributed by atoms with Crippen LogP contribution >= 0.6 is 11.3 Å². The number of unbranched alkanes of at least 4 members (excludes halogenated alkanes) is 1. The highest BCUT2D eigenvalue weighted by Gasteiger charge is 2.19. The zero-order chi connectivity index (χ0) is 25.4. The molecule has 9 heteroatoms. The number of amides is 1. The Kier molecular flexibility index (Phi) is 9.68. The fourth-order valence-electron chi connectivity index (χ4n) is 4.05. The third-order valence-corrected chi connectivity index (χ3v) is 6.86. The Morgan fingerprint density at radius 2 is 1.63 bits per heavy atom. The molecule has 2 N–H and O–H groups in total. The summed E-state index contributed by atoms with van der Waals surface area (Å²) in [5, 5.41) is 6.75. The number of benzene rings is 2. The Hall–Kier alpha value is -2.46. The Labute approximate surface area is 212 Å². The van der Waals surface area contributed by atoms with Gasteiger partial charge in [-0.1, -0.05) is 29.8 Å². The van der Waals surface area contributed by atoms with E-state index in [0.29, 0.717) is 6.26 Å². The molecule has 3 aromatic rings. The van der Waals surface area contributed by atoms with Gasteiger partial charge in [-0.15, -0.1) is 11.3 Å². The lowest BCUT2D eigenvalue weighted by Crippen LogP contribution is -2.46. The quantitative estimate of drug-likeness (QED) is 0.358. The fraction of sp³-hybridized carbons (Fsp3) is 0.423. The van der Waals surface area contributed by atoms with E-state index in [1.54, 1.807) is 0 Å². The van der Waals surface area contributed by atoms with Crippen LogP contribution in [-0.2, 0) is 10.1 Å². The van der Waals surface area contributed by atoms with E-state index in [9.17, 15) is 13.2 Å². The summed E-state index contributed by atoms with van der Waals surface area (Å²) in [7, 11) is -3.67. The Morgan fingerprint density at radius 3 is 2.29 bits per heavy atom.